The van der Waals surface area contributed by atoms with Crippen LogP contribution in [-0.2, 0) is 14.4 Å². The number of aliphatic carboxylic acids is 3. The molecular formula is C45H26N6O6. The summed E-state index contributed by atoms with van der Waals surface area (Å²) in [6.45, 7) is 0. The zero-order chi connectivity index (χ0) is 40.2. The fourth-order valence-corrected chi connectivity index (χ4v) is 6.52. The van der Waals surface area contributed by atoms with Gasteiger partial charge in [-0.1, -0.05) is 72.8 Å². The minimum Gasteiger partial charge on any atom is -0.477 e. The van der Waals surface area contributed by atoms with Gasteiger partial charge in [-0.3, -0.25) is 0 Å². The van der Waals surface area contributed by atoms with E-state index in [4.69, 9.17) is 4.98 Å². The molecule has 0 aliphatic carbocycles. The summed E-state index contributed by atoms with van der Waals surface area (Å²) in [6.07, 6.45) is 7.68. The Bertz CT molecular complexity index is 2840. The zero-order valence-corrected chi connectivity index (χ0v) is 29.5. The zero-order valence-electron chi connectivity index (χ0n) is 29.5. The maximum atomic E-state index is 11.5. The molecule has 0 saturated carbocycles. The molecule has 272 valence electrons. The molecule has 0 atom stereocenters. The Balaban J connectivity index is 1.49. The summed E-state index contributed by atoms with van der Waals surface area (Å²) in [7, 11) is 0. The fourth-order valence-electron chi connectivity index (χ4n) is 6.52. The Morgan fingerprint density at radius 2 is 0.737 bits per heavy atom. The van der Waals surface area contributed by atoms with Gasteiger partial charge in [0.05, 0.1) is 11.4 Å². The highest BCUT2D eigenvalue weighted by Crippen LogP contribution is 2.37. The number of aromatic amines is 2. The third-order valence-corrected chi connectivity index (χ3v) is 9.19. The van der Waals surface area contributed by atoms with Gasteiger partial charge in [0.1, 0.15) is 34.9 Å². The van der Waals surface area contributed by atoms with E-state index in [2.05, 4.69) is 9.97 Å². The van der Waals surface area contributed by atoms with Crippen LogP contribution in [0.1, 0.15) is 28.1 Å². The highest BCUT2D eigenvalue weighted by Gasteiger charge is 2.18. The minimum absolute atomic E-state index is 0.396. The SMILES string of the molecule is N#C/C(=C/c1ccc(-c2c3nc(c(-c4ccc(/C=C(/C#N)C(=O)O)cc4)c4ccc([nH]4)c(-c4ccc(/C=C(/C#N)C(=O)O)cc4)c4ccc2[nH]4)C=C3)cc1)C(=O)O. The van der Waals surface area contributed by atoms with Crippen molar-refractivity contribution in [2.24, 2.45) is 0 Å². The fraction of sp³-hybridized carbons (Fsp3) is 0. The number of rotatable bonds is 9. The van der Waals surface area contributed by atoms with E-state index in [-0.39, 0.29) is 0 Å². The van der Waals surface area contributed by atoms with Crippen LogP contribution in [0.25, 0.3) is 85.8 Å². The van der Waals surface area contributed by atoms with Crippen molar-refractivity contribution in [3.8, 4) is 51.6 Å². The quantitative estimate of drug-likeness (QED) is 0.0697. The lowest BCUT2D eigenvalue weighted by atomic mass is 10.0. The van der Waals surface area contributed by atoms with Crippen molar-refractivity contribution in [2.45, 2.75) is 0 Å². The van der Waals surface area contributed by atoms with Gasteiger partial charge >= 0.3 is 17.9 Å². The van der Waals surface area contributed by atoms with Gasteiger partial charge < -0.3 is 25.3 Å². The van der Waals surface area contributed by atoms with Gasteiger partial charge in [0.25, 0.3) is 0 Å². The monoisotopic (exact) mass is 746 g/mol. The van der Waals surface area contributed by atoms with E-state index >= 15 is 0 Å². The van der Waals surface area contributed by atoms with Crippen LogP contribution in [0.5, 0.6) is 0 Å². The summed E-state index contributed by atoms with van der Waals surface area (Å²) in [4.78, 5) is 46.7. The molecule has 0 amide bonds. The Kier molecular flexibility index (Phi) is 9.81. The number of carbonyl (C=O) groups is 3. The first-order valence-corrected chi connectivity index (χ1v) is 17.1. The maximum absolute atomic E-state index is 11.5. The number of nitrogens with one attached hydrogen (secondary N) is 2. The largest absolute Gasteiger partial charge is 0.477 e. The number of carboxylic acids is 3. The Labute approximate surface area is 323 Å². The van der Waals surface area contributed by atoms with Gasteiger partial charge in [0, 0.05) is 38.8 Å². The van der Waals surface area contributed by atoms with Crippen molar-refractivity contribution in [1.82, 2.24) is 15.0 Å². The molecule has 5 N–H and O–H groups in total. The van der Waals surface area contributed by atoms with Crippen LogP contribution < -0.4 is 0 Å². The summed E-state index contributed by atoms with van der Waals surface area (Å²) in [5, 5.41) is 55.9. The summed E-state index contributed by atoms with van der Waals surface area (Å²) in [5.41, 5.74) is 9.07. The Morgan fingerprint density at radius 3 is 1.02 bits per heavy atom. The summed E-state index contributed by atoms with van der Waals surface area (Å²) < 4.78 is 0. The molecule has 1 aliphatic heterocycles. The molecule has 6 bridgehead atoms. The molecule has 4 heterocycles. The number of H-pyrrole nitrogens is 2. The smallest absolute Gasteiger partial charge is 0.346 e. The summed E-state index contributed by atoms with van der Waals surface area (Å²) in [5.74, 6) is -3.98. The molecule has 3 aromatic heterocycles. The van der Waals surface area contributed by atoms with Crippen LogP contribution in [0, 0.1) is 34.0 Å². The standard InChI is InChI=1S/C45H26N6O6/c46-22-31(43(52)53)19-25-1-7-28(8-2-25)40-34-13-15-36(49-34)41(29-9-3-26(4-10-29)20-32(23-47)44(54)55)38-17-18-39(51-38)42(37-16-14-35(40)50-37)30-11-5-27(6-12-30)21-33(24-48)45(56)57/h1-21,49-50H,(H,52,53)(H,54,55)(H,56,57)/b31-19-,32-20-,33-21-,40-34?,40-35?,41-36?,41-38?,42-37?,42-39?. The molecular weight excluding hydrogens is 721 g/mol. The van der Waals surface area contributed by atoms with Crippen molar-refractivity contribution in [3.05, 3.63) is 142 Å². The van der Waals surface area contributed by atoms with Crippen LogP contribution in [0.3, 0.4) is 0 Å². The average molecular weight is 747 g/mol. The number of nitriles is 3. The van der Waals surface area contributed by atoms with Gasteiger partial charge in [-0.05, 0) is 88.0 Å². The summed E-state index contributed by atoms with van der Waals surface area (Å²) >= 11 is 0. The van der Waals surface area contributed by atoms with Crippen molar-refractivity contribution in [1.29, 1.82) is 15.8 Å². The van der Waals surface area contributed by atoms with Crippen LogP contribution >= 0.6 is 0 Å². The number of hydrogen-bond donors (Lipinski definition) is 5. The number of nitrogens with zero attached hydrogens (tertiary/aromatic N) is 4. The van der Waals surface area contributed by atoms with E-state index in [1.165, 1.54) is 18.2 Å². The van der Waals surface area contributed by atoms with Crippen molar-refractivity contribution in [2.75, 3.05) is 0 Å². The number of benzene rings is 3. The molecule has 57 heavy (non-hydrogen) atoms. The predicted octanol–water partition coefficient (Wildman–Crippen LogP) is 8.63. The molecule has 0 unspecified atom stereocenters. The molecule has 7 rings (SSSR count). The van der Waals surface area contributed by atoms with Gasteiger partial charge in [-0.15, -0.1) is 0 Å². The van der Waals surface area contributed by atoms with E-state index in [0.717, 1.165) is 55.4 Å². The topological polar surface area (TPSA) is 228 Å². The average Bonchev–Trinajstić information content (AvgIpc) is 4.00. The van der Waals surface area contributed by atoms with Gasteiger partial charge in [0.2, 0.25) is 0 Å². The van der Waals surface area contributed by atoms with Gasteiger partial charge in [-0.2, -0.15) is 15.8 Å². The third kappa shape index (κ3) is 7.40. The molecule has 3 aromatic carbocycles. The molecule has 0 spiro atoms. The normalized spacial score (nSPS) is 12.1. The lowest BCUT2D eigenvalue weighted by Crippen LogP contribution is -1.97. The van der Waals surface area contributed by atoms with E-state index in [1.807, 2.05) is 72.8 Å². The summed E-state index contributed by atoms with van der Waals surface area (Å²) in [6, 6.07) is 34.1. The number of carboxylic acid groups (broad SMARTS) is 3. The van der Waals surface area contributed by atoms with E-state index in [0.29, 0.717) is 28.1 Å². The van der Waals surface area contributed by atoms with Crippen LogP contribution in [0.2, 0.25) is 0 Å². The lowest BCUT2D eigenvalue weighted by Gasteiger charge is -2.08. The number of fused-ring (bicyclic) bond motifs is 6. The minimum atomic E-state index is -1.33. The lowest BCUT2D eigenvalue weighted by molar-refractivity contribution is -0.133. The van der Waals surface area contributed by atoms with Crippen LogP contribution in [-0.4, -0.2) is 48.2 Å². The maximum Gasteiger partial charge on any atom is 0.346 e. The van der Waals surface area contributed by atoms with E-state index in [1.54, 1.807) is 54.6 Å². The van der Waals surface area contributed by atoms with Gasteiger partial charge in [-0.25, -0.2) is 19.4 Å². The second-order valence-corrected chi connectivity index (χ2v) is 12.7. The number of hydrogen-bond acceptors (Lipinski definition) is 7. The Hall–Kier alpha value is -8.79. The first kappa shape index (κ1) is 36.6. The third-order valence-electron chi connectivity index (χ3n) is 9.19. The highest BCUT2D eigenvalue weighted by atomic mass is 16.4. The van der Waals surface area contributed by atoms with Crippen LogP contribution in [0.15, 0.2) is 114 Å². The first-order chi connectivity index (χ1) is 27.6. The predicted molar refractivity (Wildman–Crippen MR) is 214 cm³/mol. The van der Waals surface area contributed by atoms with Crippen molar-refractivity contribution < 1.29 is 29.7 Å². The van der Waals surface area contributed by atoms with Crippen LogP contribution in [0.4, 0.5) is 0 Å². The first-order valence-electron chi connectivity index (χ1n) is 17.1. The molecule has 12 nitrogen and oxygen atoms in total. The Morgan fingerprint density at radius 1 is 0.456 bits per heavy atom. The highest BCUT2D eigenvalue weighted by molar-refractivity contribution is 6.02. The molecule has 0 saturated heterocycles. The second-order valence-electron chi connectivity index (χ2n) is 12.7. The second kappa shape index (κ2) is 15.3. The molecule has 0 fully saturated rings. The van der Waals surface area contributed by atoms with E-state index < -0.39 is 34.6 Å². The van der Waals surface area contributed by atoms with Gasteiger partial charge in [0.15, 0.2) is 0 Å². The number of aromatic nitrogens is 3. The van der Waals surface area contributed by atoms with E-state index in [9.17, 15) is 45.5 Å². The molecule has 6 aromatic rings. The molecule has 12 heteroatoms. The molecule has 0 radical (unpaired) electrons. The molecule has 1 aliphatic rings. The van der Waals surface area contributed by atoms with Crippen molar-refractivity contribution in [3.63, 3.8) is 0 Å². The van der Waals surface area contributed by atoms with Crippen molar-refractivity contribution >= 4 is 70.4 Å².